The van der Waals surface area contributed by atoms with Crippen molar-refractivity contribution in [1.82, 2.24) is 9.88 Å². The van der Waals surface area contributed by atoms with Crippen molar-refractivity contribution >= 4 is 28.3 Å². The average Bonchev–Trinajstić information content (AvgIpc) is 2.72. The molecule has 1 fully saturated rings. The van der Waals surface area contributed by atoms with Crippen LogP contribution in [0.5, 0.6) is 0 Å². The second kappa shape index (κ2) is 8.29. The van der Waals surface area contributed by atoms with Gasteiger partial charge in [0, 0.05) is 30.8 Å². The summed E-state index contributed by atoms with van der Waals surface area (Å²) in [6.07, 6.45) is 5.20. The van der Waals surface area contributed by atoms with Crippen molar-refractivity contribution in [1.29, 1.82) is 0 Å². The van der Waals surface area contributed by atoms with Gasteiger partial charge in [0.2, 0.25) is 11.8 Å². The summed E-state index contributed by atoms with van der Waals surface area (Å²) in [5, 5.41) is 3.59. The summed E-state index contributed by atoms with van der Waals surface area (Å²) < 4.78 is 0. The van der Waals surface area contributed by atoms with Crippen LogP contribution < -0.4 is 5.32 Å². The molecule has 2 rings (SSSR count). The second-order valence-electron chi connectivity index (χ2n) is 9.91. The van der Waals surface area contributed by atoms with Gasteiger partial charge in [-0.25, -0.2) is 4.98 Å². The molecule has 27 heavy (non-hydrogen) atoms. The van der Waals surface area contributed by atoms with Crippen LogP contribution in [0, 0.1) is 17.8 Å². The molecule has 5 nitrogen and oxygen atoms in total. The fourth-order valence-corrected chi connectivity index (χ4v) is 4.16. The molecule has 1 N–H and O–H groups in total. The zero-order chi connectivity index (χ0) is 20.4. The Morgan fingerprint density at radius 2 is 1.81 bits per heavy atom. The van der Waals surface area contributed by atoms with E-state index in [4.69, 9.17) is 0 Å². The minimum atomic E-state index is -0.166. The standard InChI is InChI=1S/C21H35N3O2S/c1-14-16(22-19(27-14)23-17(25)12-20(2,3)4)11-21(5,6)13-18(26)24(7)15-9-8-10-15/h15H,8-13H2,1-7H3,(H,22,23,25). The Labute approximate surface area is 167 Å². The van der Waals surface area contributed by atoms with Crippen LogP contribution in [-0.4, -0.2) is 34.8 Å². The first-order valence-corrected chi connectivity index (χ1v) is 10.7. The van der Waals surface area contributed by atoms with Gasteiger partial charge in [0.1, 0.15) is 0 Å². The van der Waals surface area contributed by atoms with Crippen LogP contribution in [0.15, 0.2) is 0 Å². The first-order valence-electron chi connectivity index (χ1n) is 9.88. The van der Waals surface area contributed by atoms with Crippen molar-refractivity contribution < 1.29 is 9.59 Å². The molecule has 0 spiro atoms. The van der Waals surface area contributed by atoms with E-state index in [1.807, 2.05) is 39.6 Å². The molecule has 0 bridgehead atoms. The molecule has 0 aliphatic heterocycles. The number of nitrogens with zero attached hydrogens (tertiary/aromatic N) is 2. The van der Waals surface area contributed by atoms with Gasteiger partial charge in [-0.1, -0.05) is 34.6 Å². The topological polar surface area (TPSA) is 62.3 Å². The smallest absolute Gasteiger partial charge is 0.226 e. The number of carbonyl (C=O) groups excluding carboxylic acids is 2. The molecule has 1 aliphatic carbocycles. The van der Waals surface area contributed by atoms with Gasteiger partial charge >= 0.3 is 0 Å². The molecule has 0 atom stereocenters. The van der Waals surface area contributed by atoms with Crippen molar-refractivity contribution in [2.24, 2.45) is 10.8 Å². The Morgan fingerprint density at radius 1 is 1.19 bits per heavy atom. The number of aromatic nitrogens is 1. The Kier molecular flexibility index (Phi) is 6.72. The van der Waals surface area contributed by atoms with Gasteiger partial charge in [0.05, 0.1) is 5.69 Å². The van der Waals surface area contributed by atoms with E-state index in [1.54, 1.807) is 0 Å². The maximum atomic E-state index is 12.6. The molecule has 1 aromatic heterocycles. The number of aryl methyl sites for hydroxylation is 1. The van der Waals surface area contributed by atoms with Gasteiger partial charge < -0.3 is 10.2 Å². The summed E-state index contributed by atoms with van der Waals surface area (Å²) in [7, 11) is 1.93. The van der Waals surface area contributed by atoms with Crippen molar-refractivity contribution in [3.63, 3.8) is 0 Å². The molecule has 1 heterocycles. The minimum absolute atomic E-state index is 0.000591. The highest BCUT2D eigenvalue weighted by Gasteiger charge is 2.31. The Balaban J connectivity index is 1.96. The van der Waals surface area contributed by atoms with Crippen LogP contribution in [-0.2, 0) is 16.0 Å². The van der Waals surface area contributed by atoms with Crippen LogP contribution >= 0.6 is 11.3 Å². The Hall–Kier alpha value is -1.43. The molecule has 152 valence electrons. The highest BCUT2D eigenvalue weighted by atomic mass is 32.1. The SMILES string of the molecule is Cc1sc(NC(=O)CC(C)(C)C)nc1CC(C)(C)CC(=O)N(C)C1CCC1. The van der Waals surface area contributed by atoms with E-state index in [2.05, 4.69) is 24.1 Å². The molecule has 1 aromatic rings. The lowest BCUT2D eigenvalue weighted by Crippen LogP contribution is -2.43. The Morgan fingerprint density at radius 3 is 2.33 bits per heavy atom. The molecule has 1 saturated carbocycles. The number of thiazole rings is 1. The number of anilines is 1. The zero-order valence-corrected chi connectivity index (χ0v) is 18.8. The normalized spacial score (nSPS) is 15.4. The summed E-state index contributed by atoms with van der Waals surface area (Å²) in [5.41, 5.74) is 0.768. The van der Waals surface area contributed by atoms with Crippen LogP contribution in [0.1, 0.15) is 77.3 Å². The second-order valence-corrected chi connectivity index (χ2v) is 11.1. The predicted octanol–water partition coefficient (Wildman–Crippen LogP) is 4.80. The summed E-state index contributed by atoms with van der Waals surface area (Å²) in [4.78, 5) is 32.4. The number of carbonyl (C=O) groups is 2. The van der Waals surface area contributed by atoms with Crippen molar-refractivity contribution in [3.05, 3.63) is 10.6 Å². The lowest BCUT2D eigenvalue weighted by Gasteiger charge is -2.36. The van der Waals surface area contributed by atoms with Crippen LogP contribution in [0.3, 0.4) is 0 Å². The molecular weight excluding hydrogens is 358 g/mol. The molecule has 6 heteroatoms. The molecule has 2 amide bonds. The highest BCUT2D eigenvalue weighted by molar-refractivity contribution is 7.15. The van der Waals surface area contributed by atoms with Gasteiger partial charge in [-0.15, -0.1) is 11.3 Å². The van der Waals surface area contributed by atoms with E-state index in [-0.39, 0.29) is 22.6 Å². The van der Waals surface area contributed by atoms with E-state index >= 15 is 0 Å². The number of hydrogen-bond acceptors (Lipinski definition) is 4. The third kappa shape index (κ3) is 6.59. The van der Waals surface area contributed by atoms with Crippen LogP contribution in [0.25, 0.3) is 0 Å². The lowest BCUT2D eigenvalue weighted by molar-refractivity contribution is -0.135. The third-order valence-electron chi connectivity index (χ3n) is 5.12. The summed E-state index contributed by atoms with van der Waals surface area (Å²) in [5.74, 6) is 0.218. The number of rotatable bonds is 7. The average molecular weight is 394 g/mol. The highest BCUT2D eigenvalue weighted by Crippen LogP contribution is 2.33. The largest absolute Gasteiger partial charge is 0.343 e. The van der Waals surface area contributed by atoms with E-state index in [0.717, 1.165) is 29.8 Å². The fraction of sp³-hybridized carbons (Fsp3) is 0.762. The van der Waals surface area contributed by atoms with E-state index < -0.39 is 0 Å². The summed E-state index contributed by atoms with van der Waals surface area (Å²) >= 11 is 1.51. The van der Waals surface area contributed by atoms with Gasteiger partial charge in [-0.05, 0) is 43.4 Å². The molecule has 0 saturated heterocycles. The van der Waals surface area contributed by atoms with Gasteiger partial charge in [0.15, 0.2) is 5.13 Å². The van der Waals surface area contributed by atoms with Gasteiger partial charge in [-0.2, -0.15) is 0 Å². The zero-order valence-electron chi connectivity index (χ0n) is 17.9. The number of nitrogens with one attached hydrogen (secondary N) is 1. The van der Waals surface area contributed by atoms with Crippen LogP contribution in [0.4, 0.5) is 5.13 Å². The number of amides is 2. The molecule has 1 aliphatic rings. The van der Waals surface area contributed by atoms with Crippen molar-refractivity contribution in [2.45, 2.75) is 86.1 Å². The first-order chi connectivity index (χ1) is 12.4. The molecular formula is C21H35N3O2S. The van der Waals surface area contributed by atoms with Crippen molar-refractivity contribution in [2.75, 3.05) is 12.4 Å². The Bertz CT molecular complexity index is 684. The quantitative estimate of drug-likeness (QED) is 0.724. The monoisotopic (exact) mass is 393 g/mol. The summed E-state index contributed by atoms with van der Waals surface area (Å²) in [6, 6.07) is 0.430. The number of hydrogen-bond donors (Lipinski definition) is 1. The lowest BCUT2D eigenvalue weighted by atomic mass is 9.83. The minimum Gasteiger partial charge on any atom is -0.343 e. The third-order valence-corrected chi connectivity index (χ3v) is 6.05. The van der Waals surface area contributed by atoms with Gasteiger partial charge in [-0.3, -0.25) is 9.59 Å². The van der Waals surface area contributed by atoms with Crippen LogP contribution in [0.2, 0.25) is 0 Å². The fourth-order valence-electron chi connectivity index (χ4n) is 3.32. The predicted molar refractivity (Wildman–Crippen MR) is 112 cm³/mol. The van der Waals surface area contributed by atoms with E-state index in [9.17, 15) is 9.59 Å². The molecule has 0 aromatic carbocycles. The molecule has 0 unspecified atom stereocenters. The van der Waals surface area contributed by atoms with Crippen molar-refractivity contribution in [3.8, 4) is 0 Å². The first kappa shape index (κ1) is 21.9. The maximum absolute atomic E-state index is 12.6. The van der Waals surface area contributed by atoms with E-state index in [1.165, 1.54) is 17.8 Å². The summed E-state index contributed by atoms with van der Waals surface area (Å²) in [6.45, 7) is 12.4. The van der Waals surface area contributed by atoms with E-state index in [0.29, 0.717) is 24.0 Å². The maximum Gasteiger partial charge on any atom is 0.226 e. The molecule has 0 radical (unpaired) electrons. The van der Waals surface area contributed by atoms with Gasteiger partial charge in [0.25, 0.3) is 0 Å².